The lowest BCUT2D eigenvalue weighted by Crippen LogP contribution is -2.42. The van der Waals surface area contributed by atoms with Gasteiger partial charge in [0.2, 0.25) is 17.9 Å². The number of benzene rings is 1. The average molecular weight is 287 g/mol. The van der Waals surface area contributed by atoms with Crippen molar-refractivity contribution in [1.82, 2.24) is 9.97 Å². The van der Waals surface area contributed by atoms with E-state index in [1.165, 1.54) is 7.11 Å². The number of ether oxygens (including phenoxy) is 2. The zero-order valence-corrected chi connectivity index (χ0v) is 11.3. The highest BCUT2D eigenvalue weighted by molar-refractivity contribution is 5.78. The lowest BCUT2D eigenvalue weighted by molar-refractivity contribution is -0.144. The van der Waals surface area contributed by atoms with E-state index in [-0.39, 0.29) is 6.54 Å². The molecule has 2 heterocycles. The van der Waals surface area contributed by atoms with Gasteiger partial charge in [-0.25, -0.2) is 9.78 Å². The SMILES string of the molecule is COc1ccnc(N2CC(C(=O)O)Oc3ccccc32)n1. The van der Waals surface area contributed by atoms with Crippen molar-refractivity contribution in [2.45, 2.75) is 6.10 Å². The van der Waals surface area contributed by atoms with E-state index in [1.54, 1.807) is 29.3 Å². The van der Waals surface area contributed by atoms with E-state index >= 15 is 0 Å². The van der Waals surface area contributed by atoms with Crippen molar-refractivity contribution in [3.05, 3.63) is 36.5 Å². The molecule has 1 N–H and O–H groups in total. The molecule has 0 amide bonds. The number of nitrogens with zero attached hydrogens (tertiary/aromatic N) is 3. The lowest BCUT2D eigenvalue weighted by Gasteiger charge is -2.32. The van der Waals surface area contributed by atoms with Gasteiger partial charge in [-0.05, 0) is 12.1 Å². The van der Waals surface area contributed by atoms with Crippen LogP contribution in [0.4, 0.5) is 11.6 Å². The molecule has 0 spiro atoms. The number of para-hydroxylation sites is 2. The first-order valence-electron chi connectivity index (χ1n) is 6.32. The number of hydrogen-bond donors (Lipinski definition) is 1. The molecule has 108 valence electrons. The van der Waals surface area contributed by atoms with Crippen LogP contribution >= 0.6 is 0 Å². The van der Waals surface area contributed by atoms with Gasteiger partial charge in [0.25, 0.3) is 0 Å². The lowest BCUT2D eigenvalue weighted by atomic mass is 10.2. The third-order valence-corrected chi connectivity index (χ3v) is 3.12. The molecule has 1 atom stereocenters. The summed E-state index contributed by atoms with van der Waals surface area (Å²) in [4.78, 5) is 21.4. The molecule has 0 radical (unpaired) electrons. The second-order valence-electron chi connectivity index (χ2n) is 4.42. The number of methoxy groups -OCH3 is 1. The van der Waals surface area contributed by atoms with Crippen LogP contribution in [-0.4, -0.2) is 40.8 Å². The van der Waals surface area contributed by atoms with E-state index in [2.05, 4.69) is 9.97 Å². The summed E-state index contributed by atoms with van der Waals surface area (Å²) in [7, 11) is 1.51. The number of aromatic nitrogens is 2. The minimum absolute atomic E-state index is 0.125. The van der Waals surface area contributed by atoms with Crippen LogP contribution in [0.2, 0.25) is 0 Å². The van der Waals surface area contributed by atoms with Crippen molar-refractivity contribution in [2.24, 2.45) is 0 Å². The molecule has 0 saturated heterocycles. The third-order valence-electron chi connectivity index (χ3n) is 3.12. The molecule has 1 aliphatic heterocycles. The first-order valence-corrected chi connectivity index (χ1v) is 6.32. The topological polar surface area (TPSA) is 84.8 Å². The van der Waals surface area contributed by atoms with Crippen molar-refractivity contribution in [3.63, 3.8) is 0 Å². The van der Waals surface area contributed by atoms with Crippen LogP contribution in [0.5, 0.6) is 11.6 Å². The Morgan fingerprint density at radius 3 is 3.00 bits per heavy atom. The van der Waals surface area contributed by atoms with Crippen LogP contribution in [0.15, 0.2) is 36.5 Å². The van der Waals surface area contributed by atoms with E-state index in [0.717, 1.165) is 5.69 Å². The maximum Gasteiger partial charge on any atom is 0.346 e. The molecule has 0 aliphatic carbocycles. The maximum atomic E-state index is 11.2. The van der Waals surface area contributed by atoms with Crippen LogP contribution < -0.4 is 14.4 Å². The van der Waals surface area contributed by atoms with Gasteiger partial charge in [0.1, 0.15) is 5.75 Å². The summed E-state index contributed by atoms with van der Waals surface area (Å²) in [6, 6.07) is 8.81. The van der Waals surface area contributed by atoms with Crippen LogP contribution in [-0.2, 0) is 4.79 Å². The van der Waals surface area contributed by atoms with Crippen LogP contribution in [0.25, 0.3) is 0 Å². The molecule has 21 heavy (non-hydrogen) atoms. The normalized spacial score (nSPS) is 16.8. The first kappa shape index (κ1) is 13.2. The quantitative estimate of drug-likeness (QED) is 0.914. The number of anilines is 2. The summed E-state index contributed by atoms with van der Waals surface area (Å²) in [6.45, 7) is 0.125. The largest absolute Gasteiger partial charge is 0.481 e. The van der Waals surface area contributed by atoms with Crippen LogP contribution in [0, 0.1) is 0 Å². The third kappa shape index (κ3) is 2.45. The minimum Gasteiger partial charge on any atom is -0.481 e. The number of rotatable bonds is 3. The monoisotopic (exact) mass is 287 g/mol. The smallest absolute Gasteiger partial charge is 0.346 e. The highest BCUT2D eigenvalue weighted by atomic mass is 16.5. The van der Waals surface area contributed by atoms with Gasteiger partial charge < -0.3 is 19.5 Å². The molecule has 3 rings (SSSR count). The fourth-order valence-corrected chi connectivity index (χ4v) is 2.13. The van der Waals surface area contributed by atoms with Crippen LogP contribution in [0.3, 0.4) is 0 Å². The molecule has 0 saturated carbocycles. The predicted octanol–water partition coefficient (Wildman–Crippen LogP) is 1.47. The fourth-order valence-electron chi connectivity index (χ4n) is 2.13. The second kappa shape index (κ2) is 5.28. The van der Waals surface area contributed by atoms with Gasteiger partial charge in [0, 0.05) is 12.3 Å². The summed E-state index contributed by atoms with van der Waals surface area (Å²) >= 11 is 0. The Labute approximate surface area is 120 Å². The molecule has 0 fully saturated rings. The Morgan fingerprint density at radius 2 is 2.24 bits per heavy atom. The Hall–Kier alpha value is -2.83. The van der Waals surface area contributed by atoms with E-state index in [9.17, 15) is 9.90 Å². The zero-order chi connectivity index (χ0) is 14.8. The Morgan fingerprint density at radius 1 is 1.43 bits per heavy atom. The highest BCUT2D eigenvalue weighted by Crippen LogP contribution is 2.36. The molecule has 1 aromatic heterocycles. The summed E-state index contributed by atoms with van der Waals surface area (Å²) in [5, 5.41) is 9.21. The number of hydrogen-bond acceptors (Lipinski definition) is 6. The number of carboxylic acids is 1. The van der Waals surface area contributed by atoms with E-state index in [4.69, 9.17) is 9.47 Å². The minimum atomic E-state index is -1.03. The molecular formula is C14H13N3O4. The summed E-state index contributed by atoms with van der Waals surface area (Å²) in [5.74, 6) is 0.243. The van der Waals surface area contributed by atoms with Crippen molar-refractivity contribution in [2.75, 3.05) is 18.6 Å². The summed E-state index contributed by atoms with van der Waals surface area (Å²) in [5.41, 5.74) is 0.725. The average Bonchev–Trinajstić information content (AvgIpc) is 2.53. The van der Waals surface area contributed by atoms with Gasteiger partial charge in [-0.1, -0.05) is 12.1 Å². The van der Waals surface area contributed by atoms with E-state index in [1.807, 2.05) is 12.1 Å². The Kier molecular flexibility index (Phi) is 3.31. The van der Waals surface area contributed by atoms with Crippen molar-refractivity contribution < 1.29 is 19.4 Å². The second-order valence-corrected chi connectivity index (χ2v) is 4.42. The van der Waals surface area contributed by atoms with Crippen molar-refractivity contribution in [3.8, 4) is 11.6 Å². The number of carboxylic acid groups (broad SMARTS) is 1. The molecular weight excluding hydrogens is 274 g/mol. The predicted molar refractivity (Wildman–Crippen MR) is 74.1 cm³/mol. The first-order chi connectivity index (χ1) is 10.2. The fraction of sp³-hybridized carbons (Fsp3) is 0.214. The molecule has 1 aromatic carbocycles. The number of fused-ring (bicyclic) bond motifs is 1. The Bertz CT molecular complexity index is 677. The molecule has 7 heteroatoms. The zero-order valence-electron chi connectivity index (χ0n) is 11.3. The summed E-state index contributed by atoms with van der Waals surface area (Å²) in [6.07, 6.45) is 0.587. The van der Waals surface area contributed by atoms with Gasteiger partial charge in [-0.15, -0.1) is 0 Å². The van der Waals surface area contributed by atoms with Gasteiger partial charge in [-0.3, -0.25) is 0 Å². The van der Waals surface area contributed by atoms with Crippen molar-refractivity contribution >= 4 is 17.6 Å². The molecule has 1 aliphatic rings. The van der Waals surface area contributed by atoms with Gasteiger partial charge in [0.15, 0.2) is 0 Å². The molecule has 0 bridgehead atoms. The molecule has 2 aromatic rings. The van der Waals surface area contributed by atoms with Gasteiger partial charge in [-0.2, -0.15) is 4.98 Å². The van der Waals surface area contributed by atoms with Crippen LogP contribution in [0.1, 0.15) is 0 Å². The standard InChI is InChI=1S/C14H13N3O4/c1-20-12-6-7-15-14(16-12)17-8-11(13(18)19)21-10-5-3-2-4-9(10)17/h2-7,11H,8H2,1H3,(H,18,19). The van der Waals surface area contributed by atoms with E-state index < -0.39 is 12.1 Å². The molecule has 1 unspecified atom stereocenters. The van der Waals surface area contributed by atoms with Gasteiger partial charge >= 0.3 is 5.97 Å². The number of aliphatic carboxylic acids is 1. The van der Waals surface area contributed by atoms with Crippen molar-refractivity contribution in [1.29, 1.82) is 0 Å². The molecule has 7 nitrogen and oxygen atoms in total. The van der Waals surface area contributed by atoms with Gasteiger partial charge in [0.05, 0.1) is 19.3 Å². The Balaban J connectivity index is 2.05. The maximum absolute atomic E-state index is 11.2. The highest BCUT2D eigenvalue weighted by Gasteiger charge is 2.32. The summed E-state index contributed by atoms with van der Waals surface area (Å²) < 4.78 is 10.6. The number of carbonyl (C=O) groups is 1. The van der Waals surface area contributed by atoms with E-state index in [0.29, 0.717) is 17.6 Å².